The molecule has 166 valence electrons. The van der Waals surface area contributed by atoms with Crippen LogP contribution in [-0.2, 0) is 0 Å². The third-order valence-corrected chi connectivity index (χ3v) is 6.18. The number of rotatable bonds is 4. The summed E-state index contributed by atoms with van der Waals surface area (Å²) in [6.07, 6.45) is 6.18. The number of ether oxygens (including phenoxy) is 1. The van der Waals surface area contributed by atoms with E-state index in [4.69, 9.17) is 14.7 Å². The molecular formula is C25H25N7O. The number of fused-ring (bicyclic) bond motifs is 2. The van der Waals surface area contributed by atoms with Crippen molar-refractivity contribution in [2.24, 2.45) is 0 Å². The van der Waals surface area contributed by atoms with Gasteiger partial charge in [0.05, 0.1) is 45.7 Å². The molecule has 2 N–H and O–H groups in total. The van der Waals surface area contributed by atoms with Gasteiger partial charge in [-0.05, 0) is 64.0 Å². The third-order valence-electron chi connectivity index (χ3n) is 6.18. The Morgan fingerprint density at radius 3 is 2.55 bits per heavy atom. The van der Waals surface area contributed by atoms with Gasteiger partial charge in [0.2, 0.25) is 0 Å². The minimum atomic E-state index is 0.435. The van der Waals surface area contributed by atoms with Gasteiger partial charge in [0.25, 0.3) is 0 Å². The summed E-state index contributed by atoms with van der Waals surface area (Å²) in [5.41, 5.74) is 6.25. The van der Waals surface area contributed by atoms with Crippen molar-refractivity contribution >= 4 is 22.1 Å². The molecule has 1 aliphatic rings. The van der Waals surface area contributed by atoms with Gasteiger partial charge in [0.1, 0.15) is 17.3 Å². The van der Waals surface area contributed by atoms with Gasteiger partial charge in [-0.3, -0.25) is 4.68 Å². The Morgan fingerprint density at radius 2 is 1.70 bits per heavy atom. The Bertz CT molecular complexity index is 1460. The second-order valence-corrected chi connectivity index (χ2v) is 8.60. The molecule has 33 heavy (non-hydrogen) atoms. The summed E-state index contributed by atoms with van der Waals surface area (Å²) < 4.78 is 8.20. The fourth-order valence-corrected chi connectivity index (χ4v) is 4.51. The summed E-state index contributed by atoms with van der Waals surface area (Å²) in [6, 6.07) is 12.1. The predicted molar refractivity (Wildman–Crippen MR) is 128 cm³/mol. The molecule has 0 saturated carbocycles. The molecule has 8 heteroatoms. The molecule has 4 heterocycles. The first-order chi connectivity index (χ1) is 16.1. The van der Waals surface area contributed by atoms with Crippen LogP contribution >= 0.6 is 0 Å². The molecule has 2 aromatic carbocycles. The Kier molecular flexibility index (Phi) is 4.80. The standard InChI is InChI=1S/C25H25N7O/c1-15-25(17-13-27-32(14-17)18-7-9-26-10-8-18)31-24-12-20(3-5-21(24)28-15)33-19-4-6-22-23(11-19)30-16(2)29-22/h3-6,11-14,18,26H,7-10H2,1-2H3,(H,29,30). The SMILES string of the molecule is Cc1nc2ccc(Oc3ccc4nc(C)c(-c5cnn(C6CCNCC6)c5)nc4c3)cc2[nH]1. The molecule has 0 bridgehead atoms. The van der Waals surface area contributed by atoms with Crippen molar-refractivity contribution in [2.45, 2.75) is 32.7 Å². The average molecular weight is 440 g/mol. The lowest BCUT2D eigenvalue weighted by molar-refractivity contribution is 0.343. The molecule has 6 rings (SSSR count). The Hall–Kier alpha value is -3.78. The van der Waals surface area contributed by atoms with E-state index in [1.54, 1.807) is 0 Å². The van der Waals surface area contributed by atoms with Crippen LogP contribution in [0, 0.1) is 13.8 Å². The van der Waals surface area contributed by atoms with Crippen LogP contribution in [0.25, 0.3) is 33.3 Å². The largest absolute Gasteiger partial charge is 0.457 e. The number of nitrogens with zero attached hydrogens (tertiary/aromatic N) is 5. The second-order valence-electron chi connectivity index (χ2n) is 8.60. The minimum Gasteiger partial charge on any atom is -0.457 e. The van der Waals surface area contributed by atoms with Crippen LogP contribution < -0.4 is 10.1 Å². The van der Waals surface area contributed by atoms with Gasteiger partial charge < -0.3 is 15.0 Å². The molecule has 5 aromatic rings. The number of aromatic nitrogens is 6. The van der Waals surface area contributed by atoms with Gasteiger partial charge in [-0.1, -0.05) is 0 Å². The van der Waals surface area contributed by atoms with Crippen LogP contribution in [0.5, 0.6) is 11.5 Å². The maximum atomic E-state index is 6.13. The summed E-state index contributed by atoms with van der Waals surface area (Å²) in [7, 11) is 0. The van der Waals surface area contributed by atoms with E-state index in [-0.39, 0.29) is 0 Å². The highest BCUT2D eigenvalue weighted by Crippen LogP contribution is 2.29. The summed E-state index contributed by atoms with van der Waals surface area (Å²) in [5.74, 6) is 2.34. The highest BCUT2D eigenvalue weighted by Gasteiger charge is 2.17. The summed E-state index contributed by atoms with van der Waals surface area (Å²) in [6.45, 7) is 6.00. The molecule has 1 fully saturated rings. The van der Waals surface area contributed by atoms with Crippen molar-refractivity contribution in [3.05, 3.63) is 60.3 Å². The molecule has 3 aromatic heterocycles. The zero-order chi connectivity index (χ0) is 22.4. The maximum Gasteiger partial charge on any atom is 0.129 e. The molecule has 0 radical (unpaired) electrons. The van der Waals surface area contributed by atoms with Gasteiger partial charge in [-0.15, -0.1) is 0 Å². The van der Waals surface area contributed by atoms with Crippen molar-refractivity contribution in [2.75, 3.05) is 13.1 Å². The lowest BCUT2D eigenvalue weighted by Gasteiger charge is -2.22. The molecular weight excluding hydrogens is 414 g/mol. The van der Waals surface area contributed by atoms with Crippen LogP contribution in [0.1, 0.15) is 30.4 Å². The molecule has 0 spiro atoms. The number of benzene rings is 2. The van der Waals surface area contributed by atoms with E-state index in [2.05, 4.69) is 31.3 Å². The normalized spacial score (nSPS) is 14.8. The number of imidazole rings is 1. The number of aryl methyl sites for hydroxylation is 2. The molecule has 0 aliphatic carbocycles. The fraction of sp³-hybridized carbons (Fsp3) is 0.280. The molecule has 0 atom stereocenters. The van der Waals surface area contributed by atoms with Gasteiger partial charge in [0.15, 0.2) is 0 Å². The number of H-pyrrole nitrogens is 1. The van der Waals surface area contributed by atoms with E-state index < -0.39 is 0 Å². The monoisotopic (exact) mass is 439 g/mol. The molecule has 1 saturated heterocycles. The summed E-state index contributed by atoms with van der Waals surface area (Å²) >= 11 is 0. The van der Waals surface area contributed by atoms with Crippen molar-refractivity contribution in [3.8, 4) is 22.8 Å². The Morgan fingerprint density at radius 1 is 0.909 bits per heavy atom. The molecule has 1 aliphatic heterocycles. The van der Waals surface area contributed by atoms with Crippen LogP contribution in [0.4, 0.5) is 0 Å². The highest BCUT2D eigenvalue weighted by atomic mass is 16.5. The smallest absolute Gasteiger partial charge is 0.129 e. The number of aromatic amines is 1. The topological polar surface area (TPSA) is 93.5 Å². The van der Waals surface area contributed by atoms with Crippen molar-refractivity contribution in [1.29, 1.82) is 0 Å². The minimum absolute atomic E-state index is 0.435. The summed E-state index contributed by atoms with van der Waals surface area (Å²) in [5, 5.41) is 8.03. The van der Waals surface area contributed by atoms with Crippen LogP contribution in [0.3, 0.4) is 0 Å². The maximum absolute atomic E-state index is 6.13. The van der Waals surface area contributed by atoms with Gasteiger partial charge in [-0.25, -0.2) is 15.0 Å². The Labute approximate surface area is 191 Å². The first-order valence-electron chi connectivity index (χ1n) is 11.3. The third kappa shape index (κ3) is 3.82. The van der Waals surface area contributed by atoms with Crippen molar-refractivity contribution in [1.82, 2.24) is 35.0 Å². The van der Waals surface area contributed by atoms with Crippen molar-refractivity contribution in [3.63, 3.8) is 0 Å². The van der Waals surface area contributed by atoms with E-state index in [1.807, 2.05) is 56.4 Å². The van der Waals surface area contributed by atoms with Gasteiger partial charge >= 0.3 is 0 Å². The molecule has 0 unspecified atom stereocenters. The average Bonchev–Trinajstić information content (AvgIpc) is 3.45. The Balaban J connectivity index is 1.31. The van der Waals surface area contributed by atoms with Crippen LogP contribution in [0.15, 0.2) is 48.8 Å². The summed E-state index contributed by atoms with van der Waals surface area (Å²) in [4.78, 5) is 17.4. The van der Waals surface area contributed by atoms with E-state index in [1.165, 1.54) is 0 Å². The number of nitrogens with one attached hydrogen (secondary N) is 2. The zero-order valence-electron chi connectivity index (χ0n) is 18.7. The number of piperidine rings is 1. The van der Waals surface area contributed by atoms with E-state index in [0.717, 1.165) is 76.5 Å². The lowest BCUT2D eigenvalue weighted by Crippen LogP contribution is -2.29. The van der Waals surface area contributed by atoms with Gasteiger partial charge in [-0.2, -0.15) is 5.10 Å². The second kappa shape index (κ2) is 7.97. The van der Waals surface area contributed by atoms with E-state index >= 15 is 0 Å². The van der Waals surface area contributed by atoms with Gasteiger partial charge in [0, 0.05) is 23.9 Å². The zero-order valence-corrected chi connectivity index (χ0v) is 18.7. The lowest BCUT2D eigenvalue weighted by atomic mass is 10.1. The quantitative estimate of drug-likeness (QED) is 0.421. The van der Waals surface area contributed by atoms with E-state index in [9.17, 15) is 0 Å². The first-order valence-corrected chi connectivity index (χ1v) is 11.3. The number of hydrogen-bond donors (Lipinski definition) is 2. The predicted octanol–water partition coefficient (Wildman–Crippen LogP) is 4.70. The fourth-order valence-electron chi connectivity index (χ4n) is 4.51. The molecule has 8 nitrogen and oxygen atoms in total. The number of hydrogen-bond acceptors (Lipinski definition) is 6. The molecule has 0 amide bonds. The van der Waals surface area contributed by atoms with Crippen LogP contribution in [-0.4, -0.2) is 42.8 Å². The first kappa shape index (κ1) is 19.9. The van der Waals surface area contributed by atoms with E-state index in [0.29, 0.717) is 11.8 Å². The van der Waals surface area contributed by atoms with Crippen LogP contribution in [0.2, 0.25) is 0 Å². The van der Waals surface area contributed by atoms with Crippen molar-refractivity contribution < 1.29 is 4.74 Å². The highest BCUT2D eigenvalue weighted by molar-refractivity contribution is 5.80.